The summed E-state index contributed by atoms with van der Waals surface area (Å²) in [5, 5.41) is 8.80. The standard InChI is InChI=1S/C37H45N5O3/c1-4-45-31-7-5-6-29(20-31)32-9-8-30(16-25(32)2)35(43)42-14-12-41(13-15-42)34-11-10-33(38-39-34)36(44)40(3)24-37-21-26-17-27(22-37)19-28(18-26)23-37/h5-11,16,20,26-28H,4,12-15,17-19,21-24H2,1-3H3. The highest BCUT2D eigenvalue weighted by Crippen LogP contribution is 2.60. The molecule has 4 saturated carbocycles. The molecule has 8 rings (SSSR count). The molecule has 4 aliphatic carbocycles. The minimum atomic E-state index is -0.0384. The lowest BCUT2D eigenvalue weighted by atomic mass is 9.49. The molecule has 5 aliphatic rings. The van der Waals surface area contributed by atoms with Crippen LogP contribution in [-0.4, -0.2) is 78.2 Å². The number of aryl methyl sites for hydroxylation is 1. The summed E-state index contributed by atoms with van der Waals surface area (Å²) in [7, 11) is 1.93. The van der Waals surface area contributed by atoms with Crippen molar-refractivity contribution in [3.05, 3.63) is 71.4 Å². The van der Waals surface area contributed by atoms with Gasteiger partial charge in [0, 0.05) is 45.3 Å². The van der Waals surface area contributed by atoms with E-state index in [1.165, 1.54) is 38.5 Å². The zero-order valence-electron chi connectivity index (χ0n) is 26.9. The van der Waals surface area contributed by atoms with Crippen LogP contribution >= 0.6 is 0 Å². The molecule has 2 heterocycles. The first-order valence-electron chi connectivity index (χ1n) is 16.8. The maximum Gasteiger partial charge on any atom is 0.274 e. The molecular weight excluding hydrogens is 562 g/mol. The Balaban J connectivity index is 0.937. The lowest BCUT2D eigenvalue weighted by Gasteiger charge is -2.57. The number of piperazine rings is 1. The van der Waals surface area contributed by atoms with Crippen LogP contribution in [0.3, 0.4) is 0 Å². The molecular formula is C37H45N5O3. The smallest absolute Gasteiger partial charge is 0.274 e. The van der Waals surface area contributed by atoms with Crippen molar-refractivity contribution in [1.29, 1.82) is 0 Å². The molecule has 45 heavy (non-hydrogen) atoms. The minimum Gasteiger partial charge on any atom is -0.494 e. The minimum absolute atomic E-state index is 0.0384. The number of hydrogen-bond acceptors (Lipinski definition) is 6. The van der Waals surface area contributed by atoms with Crippen LogP contribution in [0.5, 0.6) is 5.75 Å². The fourth-order valence-electron chi connectivity index (χ4n) is 9.22. The highest BCUT2D eigenvalue weighted by molar-refractivity contribution is 5.95. The normalized spacial score (nSPS) is 25.4. The van der Waals surface area contributed by atoms with Crippen molar-refractivity contribution in [3.63, 3.8) is 0 Å². The number of carbonyl (C=O) groups excluding carboxylic acids is 2. The number of benzene rings is 2. The molecule has 8 nitrogen and oxygen atoms in total. The quantitative estimate of drug-likeness (QED) is 0.308. The first kappa shape index (κ1) is 29.8. The summed E-state index contributed by atoms with van der Waals surface area (Å²) < 4.78 is 5.67. The summed E-state index contributed by atoms with van der Waals surface area (Å²) in [6, 6.07) is 17.7. The van der Waals surface area contributed by atoms with Gasteiger partial charge in [-0.05, 0) is 129 Å². The molecule has 5 fully saturated rings. The third-order valence-corrected chi connectivity index (χ3v) is 10.8. The van der Waals surface area contributed by atoms with Crippen molar-refractivity contribution >= 4 is 17.6 Å². The van der Waals surface area contributed by atoms with E-state index in [1.807, 2.05) is 79.2 Å². The maximum absolute atomic E-state index is 13.4. The topological polar surface area (TPSA) is 78.9 Å². The number of nitrogens with zero attached hydrogens (tertiary/aromatic N) is 5. The Morgan fingerprint density at radius 3 is 2.24 bits per heavy atom. The van der Waals surface area contributed by atoms with Gasteiger partial charge in [0.15, 0.2) is 11.5 Å². The second-order valence-corrected chi connectivity index (χ2v) is 14.1. The number of amides is 2. The molecule has 3 aromatic rings. The highest BCUT2D eigenvalue weighted by atomic mass is 16.5. The zero-order valence-corrected chi connectivity index (χ0v) is 26.9. The van der Waals surface area contributed by atoms with Gasteiger partial charge >= 0.3 is 0 Å². The van der Waals surface area contributed by atoms with E-state index in [1.54, 1.807) is 0 Å². The summed E-state index contributed by atoms with van der Waals surface area (Å²) >= 11 is 0. The second kappa shape index (κ2) is 12.1. The lowest BCUT2D eigenvalue weighted by molar-refractivity contribution is -0.0629. The lowest BCUT2D eigenvalue weighted by Crippen LogP contribution is -2.51. The average molecular weight is 608 g/mol. The fourth-order valence-corrected chi connectivity index (χ4v) is 9.22. The molecule has 8 heteroatoms. The highest BCUT2D eigenvalue weighted by Gasteiger charge is 2.51. The van der Waals surface area contributed by atoms with Crippen LogP contribution in [0.25, 0.3) is 11.1 Å². The van der Waals surface area contributed by atoms with E-state index in [4.69, 9.17) is 4.74 Å². The van der Waals surface area contributed by atoms with Crippen molar-refractivity contribution in [3.8, 4) is 16.9 Å². The van der Waals surface area contributed by atoms with Gasteiger partial charge in [-0.3, -0.25) is 9.59 Å². The van der Waals surface area contributed by atoms with Gasteiger partial charge in [0.2, 0.25) is 0 Å². The van der Waals surface area contributed by atoms with E-state index in [9.17, 15) is 9.59 Å². The van der Waals surface area contributed by atoms with Crippen LogP contribution in [-0.2, 0) is 0 Å². The van der Waals surface area contributed by atoms with Gasteiger partial charge in [0.25, 0.3) is 11.8 Å². The predicted molar refractivity (Wildman–Crippen MR) is 175 cm³/mol. The molecule has 0 spiro atoms. The van der Waals surface area contributed by atoms with E-state index in [0.29, 0.717) is 49.5 Å². The third-order valence-electron chi connectivity index (χ3n) is 10.8. The molecule has 0 N–H and O–H groups in total. The number of aromatic nitrogens is 2. The predicted octanol–water partition coefficient (Wildman–Crippen LogP) is 6.10. The monoisotopic (exact) mass is 607 g/mol. The zero-order chi connectivity index (χ0) is 31.1. The van der Waals surface area contributed by atoms with Crippen molar-refractivity contribution in [1.82, 2.24) is 20.0 Å². The number of hydrogen-bond donors (Lipinski definition) is 0. The van der Waals surface area contributed by atoms with Gasteiger partial charge in [-0.1, -0.05) is 18.2 Å². The first-order chi connectivity index (χ1) is 21.8. The van der Waals surface area contributed by atoms with Crippen LogP contribution in [0.1, 0.15) is 71.9 Å². The van der Waals surface area contributed by atoms with Crippen molar-refractivity contribution in [2.75, 3.05) is 51.3 Å². The first-order valence-corrected chi connectivity index (χ1v) is 16.8. The van der Waals surface area contributed by atoms with Crippen LogP contribution in [0.4, 0.5) is 5.82 Å². The number of anilines is 1. The van der Waals surface area contributed by atoms with E-state index < -0.39 is 0 Å². The Labute approximate surface area is 266 Å². The summed E-state index contributed by atoms with van der Waals surface area (Å²) in [6.07, 6.45) is 8.07. The van der Waals surface area contributed by atoms with Crippen LogP contribution in [0, 0.1) is 30.1 Å². The molecule has 2 amide bonds. The molecule has 2 aromatic carbocycles. The molecule has 236 valence electrons. The molecule has 4 bridgehead atoms. The number of rotatable bonds is 8. The summed E-state index contributed by atoms with van der Waals surface area (Å²) in [5.74, 6) is 4.20. The largest absolute Gasteiger partial charge is 0.494 e. The molecule has 1 aliphatic heterocycles. The Hall–Kier alpha value is -3.94. The van der Waals surface area contributed by atoms with E-state index in [2.05, 4.69) is 21.2 Å². The molecule has 0 atom stereocenters. The summed E-state index contributed by atoms with van der Waals surface area (Å²) in [4.78, 5) is 32.7. The Bertz CT molecular complexity index is 1530. The number of ether oxygens (including phenoxy) is 1. The van der Waals surface area contributed by atoms with Gasteiger partial charge in [-0.25, -0.2) is 0 Å². The van der Waals surface area contributed by atoms with Gasteiger partial charge in [0.05, 0.1) is 6.61 Å². The van der Waals surface area contributed by atoms with Gasteiger partial charge in [-0.15, -0.1) is 10.2 Å². The number of carbonyl (C=O) groups is 2. The fraction of sp³-hybridized carbons (Fsp3) is 0.514. The Morgan fingerprint density at radius 2 is 1.62 bits per heavy atom. The van der Waals surface area contributed by atoms with Crippen molar-refractivity contribution in [2.45, 2.75) is 52.4 Å². The third kappa shape index (κ3) is 6.03. The van der Waals surface area contributed by atoms with Gasteiger partial charge < -0.3 is 19.4 Å². The van der Waals surface area contributed by atoms with Crippen LogP contribution in [0.15, 0.2) is 54.6 Å². The molecule has 1 aromatic heterocycles. The van der Waals surface area contributed by atoms with E-state index in [0.717, 1.165) is 52.6 Å². The van der Waals surface area contributed by atoms with E-state index >= 15 is 0 Å². The molecule has 0 radical (unpaired) electrons. The van der Waals surface area contributed by atoms with Gasteiger partial charge in [-0.2, -0.15) is 0 Å². The Morgan fingerprint density at radius 1 is 0.911 bits per heavy atom. The van der Waals surface area contributed by atoms with Crippen molar-refractivity contribution in [2.24, 2.45) is 23.2 Å². The molecule has 1 saturated heterocycles. The Kier molecular flexibility index (Phi) is 8.00. The van der Waals surface area contributed by atoms with Gasteiger partial charge in [0.1, 0.15) is 5.75 Å². The van der Waals surface area contributed by atoms with Crippen LogP contribution in [0.2, 0.25) is 0 Å². The van der Waals surface area contributed by atoms with E-state index in [-0.39, 0.29) is 11.8 Å². The van der Waals surface area contributed by atoms with Crippen LogP contribution < -0.4 is 9.64 Å². The average Bonchev–Trinajstić information content (AvgIpc) is 3.03. The second-order valence-electron chi connectivity index (χ2n) is 14.1. The summed E-state index contributed by atoms with van der Waals surface area (Å²) in [5.41, 5.74) is 4.64. The maximum atomic E-state index is 13.4. The SMILES string of the molecule is CCOc1cccc(-c2ccc(C(=O)N3CCN(c4ccc(C(=O)N(C)CC56CC7CC(CC(C7)C5)C6)nn4)CC3)cc2C)c1. The van der Waals surface area contributed by atoms with Crippen molar-refractivity contribution < 1.29 is 14.3 Å². The molecule has 0 unspecified atom stereocenters. The summed E-state index contributed by atoms with van der Waals surface area (Å²) in [6.45, 7) is 8.02.